The molecule has 0 aliphatic heterocycles. The Kier molecular flexibility index (Phi) is 8.37. The predicted octanol–water partition coefficient (Wildman–Crippen LogP) is 5.64. The van der Waals surface area contributed by atoms with Crippen LogP contribution in [0.5, 0.6) is 5.75 Å². The van der Waals surface area contributed by atoms with Gasteiger partial charge in [-0.25, -0.2) is 4.79 Å². The van der Waals surface area contributed by atoms with Crippen molar-refractivity contribution in [3.05, 3.63) is 27.2 Å². The zero-order valence-electron chi connectivity index (χ0n) is 13.0. The molecule has 1 atom stereocenters. The van der Waals surface area contributed by atoms with Gasteiger partial charge in [-0.2, -0.15) is 0 Å². The van der Waals surface area contributed by atoms with Crippen molar-refractivity contribution in [1.29, 1.82) is 0 Å². The van der Waals surface area contributed by atoms with Crippen LogP contribution in [0.2, 0.25) is 15.1 Å². The zero-order valence-corrected chi connectivity index (χ0v) is 15.3. The van der Waals surface area contributed by atoms with Crippen LogP contribution in [0.1, 0.15) is 33.6 Å². The average molecular weight is 368 g/mol. The standard InChI is InChI=1S/C16H21Cl3O3/c1-4-11(5-10(2)3)8-22-16(20)9-21-15-7-13(18)12(17)6-14(15)19/h6-7,10-11H,4-5,8-9H2,1-3H3. The molecule has 0 radical (unpaired) electrons. The Labute approximate surface area is 146 Å². The maximum absolute atomic E-state index is 11.7. The molecule has 0 aliphatic carbocycles. The molecule has 1 aromatic rings. The van der Waals surface area contributed by atoms with Crippen molar-refractivity contribution in [1.82, 2.24) is 0 Å². The molecule has 6 heteroatoms. The third-order valence-electron chi connectivity index (χ3n) is 3.18. The molecule has 0 saturated carbocycles. The Morgan fingerprint density at radius 2 is 1.77 bits per heavy atom. The van der Waals surface area contributed by atoms with E-state index in [-0.39, 0.29) is 6.61 Å². The van der Waals surface area contributed by atoms with Crippen LogP contribution in [0.25, 0.3) is 0 Å². The first-order chi connectivity index (χ1) is 10.3. The summed E-state index contributed by atoms with van der Waals surface area (Å²) in [5.41, 5.74) is 0. The van der Waals surface area contributed by atoms with Crippen molar-refractivity contribution in [3.63, 3.8) is 0 Å². The van der Waals surface area contributed by atoms with Gasteiger partial charge < -0.3 is 9.47 Å². The van der Waals surface area contributed by atoms with Gasteiger partial charge in [-0.3, -0.25) is 0 Å². The number of ether oxygens (including phenoxy) is 2. The minimum atomic E-state index is -0.427. The molecule has 0 N–H and O–H groups in total. The van der Waals surface area contributed by atoms with Crippen LogP contribution in [0, 0.1) is 11.8 Å². The fourth-order valence-electron chi connectivity index (χ4n) is 2.02. The molecule has 0 saturated heterocycles. The van der Waals surface area contributed by atoms with Crippen molar-refractivity contribution < 1.29 is 14.3 Å². The molecular formula is C16H21Cl3O3. The number of hydrogen-bond donors (Lipinski definition) is 0. The van der Waals surface area contributed by atoms with Crippen LogP contribution in [0.4, 0.5) is 0 Å². The summed E-state index contributed by atoms with van der Waals surface area (Å²) in [7, 11) is 0. The minimum absolute atomic E-state index is 0.213. The van der Waals surface area contributed by atoms with E-state index in [0.717, 1.165) is 12.8 Å². The monoisotopic (exact) mass is 366 g/mol. The van der Waals surface area contributed by atoms with E-state index in [1.165, 1.54) is 12.1 Å². The van der Waals surface area contributed by atoms with Crippen LogP contribution >= 0.6 is 34.8 Å². The lowest BCUT2D eigenvalue weighted by atomic mass is 9.96. The Bertz CT molecular complexity index is 504. The van der Waals surface area contributed by atoms with Crippen LogP contribution in [0.3, 0.4) is 0 Å². The molecule has 3 nitrogen and oxygen atoms in total. The van der Waals surface area contributed by atoms with Gasteiger partial charge in [-0.05, 0) is 24.3 Å². The van der Waals surface area contributed by atoms with E-state index in [1.54, 1.807) is 0 Å². The van der Waals surface area contributed by atoms with Crippen LogP contribution < -0.4 is 4.74 Å². The van der Waals surface area contributed by atoms with Crippen molar-refractivity contribution in [2.75, 3.05) is 13.2 Å². The van der Waals surface area contributed by atoms with Crippen LogP contribution in [-0.4, -0.2) is 19.2 Å². The Morgan fingerprint density at radius 3 is 2.36 bits per heavy atom. The van der Waals surface area contributed by atoms with Gasteiger partial charge in [0.1, 0.15) is 5.75 Å². The van der Waals surface area contributed by atoms with Crippen molar-refractivity contribution >= 4 is 40.8 Å². The topological polar surface area (TPSA) is 35.5 Å². The number of rotatable bonds is 8. The predicted molar refractivity (Wildman–Crippen MR) is 91.2 cm³/mol. The smallest absolute Gasteiger partial charge is 0.344 e. The molecule has 1 aromatic carbocycles. The highest BCUT2D eigenvalue weighted by molar-refractivity contribution is 6.43. The number of carbonyl (C=O) groups is 1. The maximum Gasteiger partial charge on any atom is 0.344 e. The minimum Gasteiger partial charge on any atom is -0.480 e. The van der Waals surface area contributed by atoms with Gasteiger partial charge in [0.25, 0.3) is 0 Å². The number of benzene rings is 1. The largest absolute Gasteiger partial charge is 0.480 e. The van der Waals surface area contributed by atoms with Gasteiger partial charge in [-0.1, -0.05) is 62.0 Å². The lowest BCUT2D eigenvalue weighted by Crippen LogP contribution is -2.20. The van der Waals surface area contributed by atoms with E-state index in [0.29, 0.717) is 39.3 Å². The number of hydrogen-bond acceptors (Lipinski definition) is 3. The summed E-state index contributed by atoms with van der Waals surface area (Å²) in [6.07, 6.45) is 2.01. The first-order valence-corrected chi connectivity index (χ1v) is 8.39. The van der Waals surface area contributed by atoms with Gasteiger partial charge in [0.2, 0.25) is 0 Å². The number of carbonyl (C=O) groups excluding carboxylic acids is 1. The van der Waals surface area contributed by atoms with E-state index < -0.39 is 5.97 Å². The Hall–Kier alpha value is -0.640. The maximum atomic E-state index is 11.7. The molecule has 0 fully saturated rings. The number of esters is 1. The van der Waals surface area contributed by atoms with E-state index in [1.807, 2.05) is 0 Å². The molecule has 0 aliphatic rings. The second-order valence-electron chi connectivity index (χ2n) is 5.57. The summed E-state index contributed by atoms with van der Waals surface area (Å²) in [6.45, 7) is 6.59. The Morgan fingerprint density at radius 1 is 1.14 bits per heavy atom. The summed E-state index contributed by atoms with van der Waals surface area (Å²) < 4.78 is 10.6. The Balaban J connectivity index is 2.45. The van der Waals surface area contributed by atoms with E-state index in [9.17, 15) is 4.79 Å². The summed E-state index contributed by atoms with van der Waals surface area (Å²) >= 11 is 17.7. The highest BCUT2D eigenvalue weighted by atomic mass is 35.5. The first kappa shape index (κ1) is 19.4. The normalized spacial score (nSPS) is 12.3. The summed E-state index contributed by atoms with van der Waals surface area (Å²) in [5.74, 6) is 0.832. The van der Waals surface area contributed by atoms with Crippen molar-refractivity contribution in [2.24, 2.45) is 11.8 Å². The van der Waals surface area contributed by atoms with Crippen molar-refractivity contribution in [3.8, 4) is 5.75 Å². The van der Waals surface area contributed by atoms with Gasteiger partial charge in [0, 0.05) is 6.07 Å². The van der Waals surface area contributed by atoms with Gasteiger partial charge >= 0.3 is 5.97 Å². The average Bonchev–Trinajstić information content (AvgIpc) is 2.45. The highest BCUT2D eigenvalue weighted by Crippen LogP contribution is 2.33. The zero-order chi connectivity index (χ0) is 16.7. The van der Waals surface area contributed by atoms with E-state index in [2.05, 4.69) is 20.8 Å². The molecule has 0 bridgehead atoms. The SMILES string of the molecule is CCC(COC(=O)COc1cc(Cl)c(Cl)cc1Cl)CC(C)C. The quantitative estimate of drug-likeness (QED) is 0.440. The summed E-state index contributed by atoms with van der Waals surface area (Å²) in [5, 5.41) is 0.951. The molecular weight excluding hydrogens is 347 g/mol. The molecule has 0 heterocycles. The van der Waals surface area contributed by atoms with E-state index in [4.69, 9.17) is 44.3 Å². The summed E-state index contributed by atoms with van der Waals surface area (Å²) in [4.78, 5) is 11.7. The molecule has 0 amide bonds. The highest BCUT2D eigenvalue weighted by Gasteiger charge is 2.14. The van der Waals surface area contributed by atoms with Gasteiger partial charge in [0.15, 0.2) is 6.61 Å². The second-order valence-corrected chi connectivity index (χ2v) is 6.79. The van der Waals surface area contributed by atoms with E-state index >= 15 is 0 Å². The molecule has 0 aromatic heterocycles. The lowest BCUT2D eigenvalue weighted by Gasteiger charge is -2.17. The molecule has 124 valence electrons. The molecule has 1 rings (SSSR count). The first-order valence-electron chi connectivity index (χ1n) is 7.26. The molecule has 22 heavy (non-hydrogen) atoms. The fourth-order valence-corrected chi connectivity index (χ4v) is 2.61. The van der Waals surface area contributed by atoms with Crippen LogP contribution in [0.15, 0.2) is 12.1 Å². The fraction of sp³-hybridized carbons (Fsp3) is 0.562. The van der Waals surface area contributed by atoms with Crippen molar-refractivity contribution in [2.45, 2.75) is 33.6 Å². The van der Waals surface area contributed by atoms with Crippen LogP contribution in [-0.2, 0) is 9.53 Å². The third-order valence-corrected chi connectivity index (χ3v) is 4.20. The van der Waals surface area contributed by atoms with Gasteiger partial charge in [-0.15, -0.1) is 0 Å². The number of halogens is 3. The van der Waals surface area contributed by atoms with Gasteiger partial charge in [0.05, 0.1) is 21.7 Å². The third kappa shape index (κ3) is 6.64. The molecule has 1 unspecified atom stereocenters. The summed E-state index contributed by atoms with van der Waals surface area (Å²) in [6, 6.07) is 2.95. The second kappa shape index (κ2) is 9.49. The lowest BCUT2D eigenvalue weighted by molar-refractivity contribution is -0.147. The molecule has 0 spiro atoms.